The number of aromatic nitrogens is 3. The highest BCUT2D eigenvalue weighted by Crippen LogP contribution is 2.25. The fraction of sp³-hybridized carbons (Fsp3) is 0.0714. The first kappa shape index (κ1) is 13.1. The van der Waals surface area contributed by atoms with Crippen LogP contribution in [0.3, 0.4) is 0 Å². The van der Waals surface area contributed by atoms with Crippen LogP contribution in [0.25, 0.3) is 10.7 Å². The maximum atomic E-state index is 12.1. The van der Waals surface area contributed by atoms with Crippen molar-refractivity contribution in [3.8, 4) is 10.7 Å². The first-order valence-electron chi connectivity index (χ1n) is 5.97. The number of hydrogen-bond acceptors (Lipinski definition) is 5. The lowest BCUT2D eigenvalue weighted by molar-refractivity contribution is 0.108. The van der Waals surface area contributed by atoms with Gasteiger partial charge in [0.1, 0.15) is 0 Å². The van der Waals surface area contributed by atoms with Gasteiger partial charge in [0.2, 0.25) is 10.3 Å². The minimum absolute atomic E-state index is 0.0540. The molecule has 0 aliphatic rings. The quantitative estimate of drug-likeness (QED) is 0.748. The molecule has 20 heavy (non-hydrogen) atoms. The molecular formula is C14H11N3OS2. The lowest BCUT2D eigenvalue weighted by Crippen LogP contribution is -1.93. The minimum atomic E-state index is -0.0540. The highest BCUT2D eigenvalue weighted by atomic mass is 32.2. The zero-order valence-corrected chi connectivity index (χ0v) is 12.3. The number of nitrogens with one attached hydrogen (secondary N) is 1. The molecule has 0 atom stereocenters. The van der Waals surface area contributed by atoms with Crippen LogP contribution < -0.4 is 0 Å². The first-order chi connectivity index (χ1) is 9.72. The smallest absolute Gasteiger partial charge is 0.227 e. The summed E-state index contributed by atoms with van der Waals surface area (Å²) in [7, 11) is 0. The Morgan fingerprint density at radius 3 is 2.75 bits per heavy atom. The third-order valence-electron chi connectivity index (χ3n) is 2.69. The van der Waals surface area contributed by atoms with Crippen molar-refractivity contribution in [3.63, 3.8) is 0 Å². The van der Waals surface area contributed by atoms with E-state index < -0.39 is 0 Å². The van der Waals surface area contributed by atoms with Gasteiger partial charge in [-0.15, -0.1) is 16.4 Å². The van der Waals surface area contributed by atoms with E-state index in [2.05, 4.69) is 15.2 Å². The summed E-state index contributed by atoms with van der Waals surface area (Å²) in [6.07, 6.45) is 0. The van der Waals surface area contributed by atoms with E-state index in [1.165, 1.54) is 0 Å². The second-order valence-corrected chi connectivity index (χ2v) is 6.09. The van der Waals surface area contributed by atoms with Gasteiger partial charge in [0, 0.05) is 5.56 Å². The summed E-state index contributed by atoms with van der Waals surface area (Å²) < 4.78 is 0. The van der Waals surface area contributed by atoms with Crippen molar-refractivity contribution in [3.05, 3.63) is 52.9 Å². The maximum Gasteiger partial charge on any atom is 0.227 e. The van der Waals surface area contributed by atoms with Crippen LogP contribution in [-0.2, 0) is 0 Å². The van der Waals surface area contributed by atoms with E-state index in [9.17, 15) is 4.79 Å². The third kappa shape index (κ3) is 2.81. The number of thioether (sulfide) groups is 1. The number of aromatic amines is 1. The summed E-state index contributed by atoms with van der Waals surface area (Å²) in [6.45, 7) is 1.99. The van der Waals surface area contributed by atoms with E-state index in [0.717, 1.165) is 22.2 Å². The van der Waals surface area contributed by atoms with E-state index in [4.69, 9.17) is 0 Å². The van der Waals surface area contributed by atoms with Crippen molar-refractivity contribution in [1.29, 1.82) is 0 Å². The van der Waals surface area contributed by atoms with Crippen LogP contribution in [0.5, 0.6) is 0 Å². The number of benzene rings is 1. The minimum Gasteiger partial charge on any atom is -0.281 e. The molecule has 0 unspecified atom stereocenters. The van der Waals surface area contributed by atoms with E-state index >= 15 is 0 Å². The molecule has 0 saturated carbocycles. The van der Waals surface area contributed by atoms with Gasteiger partial charge in [0.25, 0.3) is 0 Å². The molecule has 0 aliphatic heterocycles. The monoisotopic (exact) mass is 301 g/mol. The van der Waals surface area contributed by atoms with Crippen LogP contribution >= 0.6 is 23.1 Å². The number of aryl methyl sites for hydroxylation is 1. The van der Waals surface area contributed by atoms with Gasteiger partial charge in [-0.25, -0.2) is 4.98 Å². The Morgan fingerprint density at radius 1 is 1.25 bits per heavy atom. The van der Waals surface area contributed by atoms with Crippen LogP contribution in [-0.4, -0.2) is 20.3 Å². The molecule has 0 saturated heterocycles. The fourth-order valence-electron chi connectivity index (χ4n) is 1.65. The average molecular weight is 301 g/mol. The molecule has 1 N–H and O–H groups in total. The number of carbonyl (C=O) groups is 1. The van der Waals surface area contributed by atoms with Gasteiger partial charge in [0.15, 0.2) is 5.82 Å². The maximum absolute atomic E-state index is 12.1. The zero-order valence-electron chi connectivity index (χ0n) is 10.7. The van der Waals surface area contributed by atoms with Gasteiger partial charge in [-0.3, -0.25) is 9.89 Å². The van der Waals surface area contributed by atoms with Gasteiger partial charge in [-0.2, -0.15) is 0 Å². The first-order valence-corrected chi connectivity index (χ1v) is 7.67. The lowest BCUT2D eigenvalue weighted by Gasteiger charge is -1.97. The van der Waals surface area contributed by atoms with Crippen molar-refractivity contribution in [1.82, 2.24) is 15.2 Å². The Balaban J connectivity index is 1.75. The van der Waals surface area contributed by atoms with E-state index in [1.807, 2.05) is 48.7 Å². The number of nitrogens with zero attached hydrogens (tertiary/aromatic N) is 2. The van der Waals surface area contributed by atoms with Crippen LogP contribution in [0, 0.1) is 6.92 Å². The van der Waals surface area contributed by atoms with Gasteiger partial charge in [-0.05, 0) is 30.1 Å². The molecule has 4 nitrogen and oxygen atoms in total. The molecule has 6 heteroatoms. The standard InChI is InChI=1S/C14H11N3OS2/c1-9-4-6-10(7-5-9)13(18)20-14-15-12(16-17-14)11-3-2-8-19-11/h2-8H,1H3,(H,15,16,17). The highest BCUT2D eigenvalue weighted by molar-refractivity contribution is 8.14. The van der Waals surface area contributed by atoms with Gasteiger partial charge >= 0.3 is 0 Å². The molecule has 1 aromatic carbocycles. The van der Waals surface area contributed by atoms with Crippen molar-refractivity contribution in [2.75, 3.05) is 0 Å². The summed E-state index contributed by atoms with van der Waals surface area (Å²) >= 11 is 2.61. The number of carbonyl (C=O) groups excluding carboxylic acids is 1. The Labute approximate surface area is 124 Å². The second-order valence-electron chi connectivity index (χ2n) is 4.20. The Bertz CT molecular complexity index is 717. The van der Waals surface area contributed by atoms with Gasteiger partial charge < -0.3 is 0 Å². The summed E-state index contributed by atoms with van der Waals surface area (Å²) in [5, 5.41) is 9.28. The van der Waals surface area contributed by atoms with E-state index in [0.29, 0.717) is 16.5 Å². The summed E-state index contributed by atoms with van der Waals surface area (Å²) in [5.74, 6) is 0.694. The Kier molecular flexibility index (Phi) is 3.66. The summed E-state index contributed by atoms with van der Waals surface area (Å²) in [4.78, 5) is 17.4. The highest BCUT2D eigenvalue weighted by Gasteiger charge is 2.13. The van der Waals surface area contributed by atoms with Crippen LogP contribution in [0.15, 0.2) is 46.9 Å². The van der Waals surface area contributed by atoms with Crippen LogP contribution in [0.4, 0.5) is 0 Å². The molecule has 0 fully saturated rings. The molecule has 2 heterocycles. The van der Waals surface area contributed by atoms with Crippen molar-refractivity contribution < 1.29 is 4.79 Å². The molecule has 0 bridgehead atoms. The lowest BCUT2D eigenvalue weighted by atomic mass is 10.2. The normalized spacial score (nSPS) is 10.7. The second kappa shape index (κ2) is 5.60. The summed E-state index contributed by atoms with van der Waals surface area (Å²) in [6, 6.07) is 11.4. The van der Waals surface area contributed by atoms with Crippen LogP contribution in [0.2, 0.25) is 0 Å². The largest absolute Gasteiger partial charge is 0.281 e. The average Bonchev–Trinajstić information content (AvgIpc) is 3.09. The molecule has 0 amide bonds. The zero-order chi connectivity index (χ0) is 13.9. The van der Waals surface area contributed by atoms with E-state index in [-0.39, 0.29) is 5.12 Å². The predicted octanol–water partition coefficient (Wildman–Crippen LogP) is 3.77. The number of H-pyrrole nitrogens is 1. The molecule has 0 radical (unpaired) electrons. The van der Waals surface area contributed by atoms with Gasteiger partial charge in [0.05, 0.1) is 4.88 Å². The molecule has 100 valence electrons. The van der Waals surface area contributed by atoms with Crippen LogP contribution in [0.1, 0.15) is 15.9 Å². The molecule has 0 aliphatic carbocycles. The molecular weight excluding hydrogens is 290 g/mol. The topological polar surface area (TPSA) is 58.6 Å². The van der Waals surface area contributed by atoms with Crippen molar-refractivity contribution in [2.24, 2.45) is 0 Å². The third-order valence-corrected chi connectivity index (χ3v) is 4.35. The number of hydrogen-bond donors (Lipinski definition) is 1. The fourth-order valence-corrected chi connectivity index (χ4v) is 2.96. The van der Waals surface area contributed by atoms with Crippen molar-refractivity contribution in [2.45, 2.75) is 12.1 Å². The molecule has 3 rings (SSSR count). The Hall–Kier alpha value is -1.92. The molecule has 2 aromatic heterocycles. The molecule has 3 aromatic rings. The molecule has 0 spiro atoms. The van der Waals surface area contributed by atoms with E-state index in [1.54, 1.807) is 11.3 Å². The van der Waals surface area contributed by atoms with Crippen molar-refractivity contribution >= 4 is 28.2 Å². The Morgan fingerprint density at radius 2 is 2.05 bits per heavy atom. The van der Waals surface area contributed by atoms with Gasteiger partial charge in [-0.1, -0.05) is 35.9 Å². The number of rotatable bonds is 3. The summed E-state index contributed by atoms with van der Waals surface area (Å²) in [5.41, 5.74) is 1.78. The number of thiophene rings is 1. The SMILES string of the molecule is Cc1ccc(C(=O)Sc2n[nH]c(-c3cccs3)n2)cc1. The predicted molar refractivity (Wildman–Crippen MR) is 81.1 cm³/mol.